The van der Waals surface area contributed by atoms with Crippen molar-refractivity contribution < 1.29 is 32.5 Å². The van der Waals surface area contributed by atoms with Gasteiger partial charge in [-0.2, -0.15) is 13.2 Å². The van der Waals surface area contributed by atoms with Crippen LogP contribution in [0.4, 0.5) is 13.2 Å². The lowest BCUT2D eigenvalue weighted by Crippen LogP contribution is -2.14. The lowest BCUT2D eigenvalue weighted by Gasteiger charge is -2.13. The summed E-state index contributed by atoms with van der Waals surface area (Å²) in [5.74, 6) is -1.59. The van der Waals surface area contributed by atoms with Crippen LogP contribution in [0.15, 0.2) is 18.2 Å². The Hall–Kier alpha value is -1.76. The molecule has 0 spiro atoms. The van der Waals surface area contributed by atoms with Crippen LogP contribution in [0.1, 0.15) is 29.8 Å². The van der Waals surface area contributed by atoms with Gasteiger partial charge in [0.25, 0.3) is 0 Å². The third-order valence-corrected chi connectivity index (χ3v) is 2.33. The zero-order valence-electron chi connectivity index (χ0n) is 11.0. The van der Waals surface area contributed by atoms with Gasteiger partial charge in [-0.25, -0.2) is 4.79 Å². The molecule has 0 amide bonds. The number of rotatable bonds is 6. The van der Waals surface area contributed by atoms with E-state index in [0.29, 0.717) is 6.07 Å². The summed E-state index contributed by atoms with van der Waals surface area (Å²) in [6.45, 7) is 4.06. The van der Waals surface area contributed by atoms with Gasteiger partial charge in [0.1, 0.15) is 12.4 Å². The van der Waals surface area contributed by atoms with E-state index in [1.165, 1.54) is 0 Å². The molecule has 112 valence electrons. The molecule has 0 aliphatic heterocycles. The summed E-state index contributed by atoms with van der Waals surface area (Å²) in [4.78, 5) is 10.9. The number of carboxylic acid groups (broad SMARTS) is 1. The van der Waals surface area contributed by atoms with Crippen molar-refractivity contribution >= 4 is 5.97 Å². The Morgan fingerprint density at radius 2 is 1.95 bits per heavy atom. The van der Waals surface area contributed by atoms with E-state index >= 15 is 0 Å². The zero-order valence-corrected chi connectivity index (χ0v) is 11.0. The van der Waals surface area contributed by atoms with Crippen molar-refractivity contribution in [2.45, 2.75) is 26.1 Å². The highest BCUT2D eigenvalue weighted by molar-refractivity contribution is 5.90. The minimum absolute atomic E-state index is 0.0146. The van der Waals surface area contributed by atoms with Crippen LogP contribution in [0.25, 0.3) is 0 Å². The van der Waals surface area contributed by atoms with Gasteiger partial charge in [-0.3, -0.25) is 0 Å². The SMILES string of the molecule is CC(C)OCCOc1ccc(C(F)(F)F)c(C(=O)O)c1. The van der Waals surface area contributed by atoms with Crippen molar-refractivity contribution in [1.82, 2.24) is 0 Å². The third kappa shape index (κ3) is 4.73. The van der Waals surface area contributed by atoms with Crippen molar-refractivity contribution in [2.75, 3.05) is 13.2 Å². The molecule has 0 heterocycles. The molecule has 0 atom stereocenters. The minimum Gasteiger partial charge on any atom is -0.491 e. The molecule has 1 aromatic carbocycles. The topological polar surface area (TPSA) is 55.8 Å². The number of halogens is 3. The first-order chi connectivity index (χ1) is 9.21. The Bertz CT molecular complexity index is 469. The van der Waals surface area contributed by atoms with E-state index in [0.717, 1.165) is 12.1 Å². The molecule has 0 bridgehead atoms. The third-order valence-electron chi connectivity index (χ3n) is 2.33. The smallest absolute Gasteiger partial charge is 0.417 e. The Morgan fingerprint density at radius 3 is 2.45 bits per heavy atom. The highest BCUT2D eigenvalue weighted by atomic mass is 19.4. The van der Waals surface area contributed by atoms with E-state index in [-0.39, 0.29) is 25.1 Å². The number of alkyl halides is 3. The maximum atomic E-state index is 12.6. The molecular formula is C13H15F3O4. The molecule has 1 N–H and O–H groups in total. The van der Waals surface area contributed by atoms with Gasteiger partial charge in [0, 0.05) is 0 Å². The molecule has 0 saturated carbocycles. The normalized spacial score (nSPS) is 11.7. The van der Waals surface area contributed by atoms with Gasteiger partial charge in [-0.1, -0.05) is 0 Å². The van der Waals surface area contributed by atoms with E-state index < -0.39 is 23.3 Å². The quantitative estimate of drug-likeness (QED) is 0.818. The number of ether oxygens (including phenoxy) is 2. The fraction of sp³-hybridized carbons (Fsp3) is 0.462. The molecule has 1 rings (SSSR count). The fourth-order valence-electron chi connectivity index (χ4n) is 1.48. The Labute approximate surface area is 114 Å². The van der Waals surface area contributed by atoms with Crippen molar-refractivity contribution in [3.8, 4) is 5.75 Å². The van der Waals surface area contributed by atoms with Crippen LogP contribution in [0, 0.1) is 0 Å². The highest BCUT2D eigenvalue weighted by Gasteiger charge is 2.35. The summed E-state index contributed by atoms with van der Waals surface area (Å²) < 4.78 is 48.2. The van der Waals surface area contributed by atoms with Crippen LogP contribution >= 0.6 is 0 Å². The van der Waals surface area contributed by atoms with Crippen molar-refractivity contribution in [3.63, 3.8) is 0 Å². The lowest BCUT2D eigenvalue weighted by atomic mass is 10.1. The van der Waals surface area contributed by atoms with Crippen molar-refractivity contribution in [2.24, 2.45) is 0 Å². The van der Waals surface area contributed by atoms with E-state index in [1.807, 2.05) is 13.8 Å². The maximum absolute atomic E-state index is 12.6. The summed E-state index contributed by atoms with van der Waals surface area (Å²) in [5.41, 5.74) is -2.03. The predicted octanol–water partition coefficient (Wildman–Crippen LogP) is 3.21. The fourth-order valence-corrected chi connectivity index (χ4v) is 1.48. The second kappa shape index (κ2) is 6.60. The number of carbonyl (C=O) groups is 1. The molecule has 0 aliphatic rings. The van der Waals surface area contributed by atoms with Gasteiger partial charge in [0.05, 0.1) is 23.8 Å². The summed E-state index contributed by atoms with van der Waals surface area (Å²) >= 11 is 0. The van der Waals surface area contributed by atoms with Crippen molar-refractivity contribution in [3.05, 3.63) is 29.3 Å². The molecule has 4 nitrogen and oxygen atoms in total. The Kier molecular flexibility index (Phi) is 5.38. The first-order valence-corrected chi connectivity index (χ1v) is 5.90. The molecule has 0 saturated heterocycles. The summed E-state index contributed by atoms with van der Waals surface area (Å²) in [6, 6.07) is 2.65. The van der Waals surface area contributed by atoms with E-state index in [2.05, 4.69) is 0 Å². The average molecular weight is 292 g/mol. The van der Waals surface area contributed by atoms with Gasteiger partial charge in [-0.15, -0.1) is 0 Å². The maximum Gasteiger partial charge on any atom is 0.417 e. The minimum atomic E-state index is -4.72. The zero-order chi connectivity index (χ0) is 15.3. The van der Waals surface area contributed by atoms with E-state index in [1.54, 1.807) is 0 Å². The summed E-state index contributed by atoms with van der Waals surface area (Å²) in [5, 5.41) is 8.82. The second-order valence-corrected chi connectivity index (χ2v) is 4.28. The molecule has 0 unspecified atom stereocenters. The van der Waals surface area contributed by atoms with E-state index in [9.17, 15) is 18.0 Å². The van der Waals surface area contributed by atoms with Crippen LogP contribution in [-0.4, -0.2) is 30.4 Å². The van der Waals surface area contributed by atoms with Gasteiger partial charge in [-0.05, 0) is 32.0 Å². The van der Waals surface area contributed by atoms with Gasteiger partial charge in [0.15, 0.2) is 0 Å². The Morgan fingerprint density at radius 1 is 1.30 bits per heavy atom. The first-order valence-electron chi connectivity index (χ1n) is 5.90. The highest BCUT2D eigenvalue weighted by Crippen LogP contribution is 2.33. The standard InChI is InChI=1S/C13H15F3O4/c1-8(2)19-5-6-20-9-3-4-11(13(14,15)16)10(7-9)12(17)18/h3-4,7-8H,5-6H2,1-2H3,(H,17,18). The largest absolute Gasteiger partial charge is 0.491 e. The number of carboxylic acids is 1. The van der Waals surface area contributed by atoms with Gasteiger partial charge < -0.3 is 14.6 Å². The first kappa shape index (κ1) is 16.3. The molecule has 0 fully saturated rings. The molecule has 0 radical (unpaired) electrons. The monoisotopic (exact) mass is 292 g/mol. The number of hydrogen-bond donors (Lipinski definition) is 1. The molecule has 1 aromatic rings. The summed E-state index contributed by atoms with van der Waals surface area (Å²) in [7, 11) is 0. The molecule has 0 aromatic heterocycles. The van der Waals surface area contributed by atoms with Crippen LogP contribution in [0.3, 0.4) is 0 Å². The number of benzene rings is 1. The van der Waals surface area contributed by atoms with Crippen LogP contribution in [0.5, 0.6) is 5.75 Å². The number of hydrogen-bond acceptors (Lipinski definition) is 3. The lowest BCUT2D eigenvalue weighted by molar-refractivity contribution is -0.138. The molecule has 0 aliphatic carbocycles. The average Bonchev–Trinajstić information content (AvgIpc) is 2.33. The predicted molar refractivity (Wildman–Crippen MR) is 65.0 cm³/mol. The second-order valence-electron chi connectivity index (χ2n) is 4.28. The van der Waals surface area contributed by atoms with Crippen LogP contribution in [0.2, 0.25) is 0 Å². The molecule has 20 heavy (non-hydrogen) atoms. The summed E-state index contributed by atoms with van der Waals surface area (Å²) in [6.07, 6.45) is -4.70. The van der Waals surface area contributed by atoms with Crippen molar-refractivity contribution in [1.29, 1.82) is 0 Å². The van der Waals surface area contributed by atoms with Crippen LogP contribution in [-0.2, 0) is 10.9 Å². The number of aromatic carboxylic acids is 1. The van der Waals surface area contributed by atoms with Gasteiger partial charge >= 0.3 is 12.1 Å². The van der Waals surface area contributed by atoms with Crippen LogP contribution < -0.4 is 4.74 Å². The Balaban J connectivity index is 2.81. The molecular weight excluding hydrogens is 277 g/mol. The molecule has 7 heteroatoms. The van der Waals surface area contributed by atoms with E-state index in [4.69, 9.17) is 14.6 Å². The van der Waals surface area contributed by atoms with Gasteiger partial charge in [0.2, 0.25) is 0 Å².